The van der Waals surface area contributed by atoms with Gasteiger partial charge in [0.1, 0.15) is 11.5 Å². The molecular formula is C16H15NO5. The number of aromatic carboxylic acids is 1. The average molecular weight is 301 g/mol. The van der Waals surface area contributed by atoms with Crippen molar-refractivity contribution in [3.63, 3.8) is 0 Å². The zero-order chi connectivity index (χ0) is 16.4. The number of hydrogen-bond acceptors (Lipinski definition) is 5. The standard InChI is InChI=1S/C16H15NO5/c1-17(2)9-3-5-11(13(7-9)16(21)22)15(20)12-6-4-10(18)8-14(12)19/h3-8,18-19H,1-2H3,(H,21,22). The highest BCUT2D eigenvalue weighted by atomic mass is 16.4. The molecule has 2 aromatic rings. The van der Waals surface area contributed by atoms with Crippen LogP contribution in [0, 0.1) is 0 Å². The molecule has 0 saturated heterocycles. The molecule has 0 heterocycles. The molecule has 0 fully saturated rings. The average Bonchev–Trinajstić information content (AvgIpc) is 2.45. The number of phenolic OH excluding ortho intramolecular Hbond substituents is 2. The number of ketones is 1. The third-order valence-electron chi connectivity index (χ3n) is 3.22. The van der Waals surface area contributed by atoms with E-state index < -0.39 is 17.5 Å². The molecule has 22 heavy (non-hydrogen) atoms. The minimum atomic E-state index is -1.23. The summed E-state index contributed by atoms with van der Waals surface area (Å²) in [6, 6.07) is 7.96. The largest absolute Gasteiger partial charge is 0.508 e. The SMILES string of the molecule is CN(C)c1ccc(C(=O)c2ccc(O)cc2O)c(C(=O)O)c1. The molecule has 0 unspecified atom stereocenters. The normalized spacial score (nSPS) is 10.3. The highest BCUT2D eigenvalue weighted by Crippen LogP contribution is 2.27. The first-order valence-corrected chi connectivity index (χ1v) is 6.42. The van der Waals surface area contributed by atoms with Gasteiger partial charge in [-0.25, -0.2) is 4.79 Å². The summed E-state index contributed by atoms with van der Waals surface area (Å²) >= 11 is 0. The number of benzene rings is 2. The maximum atomic E-state index is 12.5. The van der Waals surface area contributed by atoms with Crippen LogP contribution >= 0.6 is 0 Å². The summed E-state index contributed by atoms with van der Waals surface area (Å²) in [7, 11) is 3.52. The number of carbonyl (C=O) groups excluding carboxylic acids is 1. The lowest BCUT2D eigenvalue weighted by Gasteiger charge is -2.15. The Morgan fingerprint density at radius 1 is 0.909 bits per heavy atom. The van der Waals surface area contributed by atoms with Gasteiger partial charge in [-0.05, 0) is 30.3 Å². The fourth-order valence-electron chi connectivity index (χ4n) is 2.04. The van der Waals surface area contributed by atoms with Crippen LogP contribution in [0.5, 0.6) is 11.5 Å². The van der Waals surface area contributed by atoms with Gasteiger partial charge in [-0.15, -0.1) is 0 Å². The fourth-order valence-corrected chi connectivity index (χ4v) is 2.04. The van der Waals surface area contributed by atoms with Gasteiger partial charge in [0.25, 0.3) is 0 Å². The van der Waals surface area contributed by atoms with Crippen LogP contribution in [0.2, 0.25) is 0 Å². The van der Waals surface area contributed by atoms with Crippen molar-refractivity contribution >= 4 is 17.4 Å². The smallest absolute Gasteiger partial charge is 0.336 e. The lowest BCUT2D eigenvalue weighted by Crippen LogP contribution is -2.14. The minimum Gasteiger partial charge on any atom is -0.508 e. The summed E-state index contributed by atoms with van der Waals surface area (Å²) in [5.41, 5.74) is 0.393. The van der Waals surface area contributed by atoms with Gasteiger partial charge in [0, 0.05) is 31.4 Å². The predicted octanol–water partition coefficient (Wildman–Crippen LogP) is 2.09. The van der Waals surface area contributed by atoms with Crippen molar-refractivity contribution in [1.29, 1.82) is 0 Å². The third-order valence-corrected chi connectivity index (χ3v) is 3.22. The maximum Gasteiger partial charge on any atom is 0.336 e. The predicted molar refractivity (Wildman–Crippen MR) is 80.9 cm³/mol. The summed E-state index contributed by atoms with van der Waals surface area (Å²) in [5.74, 6) is -2.45. The summed E-state index contributed by atoms with van der Waals surface area (Å²) < 4.78 is 0. The van der Waals surface area contributed by atoms with Crippen molar-refractivity contribution in [2.24, 2.45) is 0 Å². The van der Waals surface area contributed by atoms with E-state index in [1.54, 1.807) is 25.1 Å². The van der Waals surface area contributed by atoms with E-state index in [0.29, 0.717) is 5.69 Å². The Labute approximate surface area is 126 Å². The van der Waals surface area contributed by atoms with Gasteiger partial charge < -0.3 is 20.2 Å². The highest BCUT2D eigenvalue weighted by molar-refractivity contribution is 6.15. The molecule has 0 aromatic heterocycles. The van der Waals surface area contributed by atoms with Crippen LogP contribution < -0.4 is 4.90 Å². The number of nitrogens with zero attached hydrogens (tertiary/aromatic N) is 1. The van der Waals surface area contributed by atoms with E-state index in [1.807, 2.05) is 0 Å². The molecule has 2 rings (SSSR count). The first kappa shape index (κ1) is 15.4. The Kier molecular flexibility index (Phi) is 4.03. The number of aromatic hydroxyl groups is 2. The minimum absolute atomic E-state index is 0.0286. The van der Waals surface area contributed by atoms with Crippen LogP contribution in [0.1, 0.15) is 26.3 Å². The molecule has 0 radical (unpaired) electrons. The number of rotatable bonds is 4. The van der Waals surface area contributed by atoms with Crippen LogP contribution in [0.4, 0.5) is 5.69 Å². The van der Waals surface area contributed by atoms with Gasteiger partial charge >= 0.3 is 5.97 Å². The topological polar surface area (TPSA) is 98.1 Å². The Hall–Kier alpha value is -3.02. The molecule has 0 bridgehead atoms. The highest BCUT2D eigenvalue weighted by Gasteiger charge is 2.21. The molecular weight excluding hydrogens is 286 g/mol. The maximum absolute atomic E-state index is 12.5. The van der Waals surface area contributed by atoms with Crippen molar-refractivity contribution in [1.82, 2.24) is 0 Å². The molecule has 0 atom stereocenters. The van der Waals surface area contributed by atoms with Crippen molar-refractivity contribution in [3.8, 4) is 11.5 Å². The number of carboxylic acid groups (broad SMARTS) is 1. The van der Waals surface area contributed by atoms with Gasteiger partial charge in [0.2, 0.25) is 0 Å². The Bertz CT molecular complexity index is 752. The number of anilines is 1. The molecule has 2 aromatic carbocycles. The van der Waals surface area contributed by atoms with Crippen molar-refractivity contribution in [2.45, 2.75) is 0 Å². The molecule has 0 saturated carbocycles. The van der Waals surface area contributed by atoms with E-state index in [0.717, 1.165) is 6.07 Å². The molecule has 6 nitrogen and oxygen atoms in total. The Balaban J connectivity index is 2.56. The first-order valence-electron chi connectivity index (χ1n) is 6.42. The molecule has 114 valence electrons. The van der Waals surface area contributed by atoms with Crippen molar-refractivity contribution in [2.75, 3.05) is 19.0 Å². The van der Waals surface area contributed by atoms with E-state index >= 15 is 0 Å². The van der Waals surface area contributed by atoms with Gasteiger partial charge in [-0.3, -0.25) is 4.79 Å². The lowest BCUT2D eigenvalue weighted by atomic mass is 9.97. The second kappa shape index (κ2) is 5.77. The zero-order valence-electron chi connectivity index (χ0n) is 12.1. The molecule has 0 aliphatic heterocycles. The number of phenols is 2. The van der Waals surface area contributed by atoms with Crippen LogP contribution in [0.3, 0.4) is 0 Å². The van der Waals surface area contributed by atoms with E-state index in [-0.39, 0.29) is 22.4 Å². The Morgan fingerprint density at radius 2 is 1.55 bits per heavy atom. The van der Waals surface area contributed by atoms with Gasteiger partial charge in [0.05, 0.1) is 11.1 Å². The monoisotopic (exact) mass is 301 g/mol. The molecule has 0 amide bonds. The molecule has 0 spiro atoms. The molecule has 3 N–H and O–H groups in total. The quantitative estimate of drug-likeness (QED) is 0.748. The van der Waals surface area contributed by atoms with Gasteiger partial charge in [0.15, 0.2) is 5.78 Å². The van der Waals surface area contributed by atoms with Gasteiger partial charge in [-0.2, -0.15) is 0 Å². The lowest BCUT2D eigenvalue weighted by molar-refractivity contribution is 0.0692. The first-order chi connectivity index (χ1) is 10.3. The van der Waals surface area contributed by atoms with Crippen molar-refractivity contribution < 1.29 is 24.9 Å². The van der Waals surface area contributed by atoms with Gasteiger partial charge in [-0.1, -0.05) is 0 Å². The summed E-state index contributed by atoms with van der Waals surface area (Å²) in [6.07, 6.45) is 0. The van der Waals surface area contributed by atoms with Crippen LogP contribution in [0.25, 0.3) is 0 Å². The van der Waals surface area contributed by atoms with Crippen LogP contribution in [-0.4, -0.2) is 41.2 Å². The number of carboxylic acids is 1. The van der Waals surface area contributed by atoms with Crippen LogP contribution in [0.15, 0.2) is 36.4 Å². The summed E-state index contributed by atoms with van der Waals surface area (Å²) in [6.45, 7) is 0. The number of hydrogen-bond donors (Lipinski definition) is 3. The zero-order valence-corrected chi connectivity index (χ0v) is 12.1. The Morgan fingerprint density at radius 3 is 2.09 bits per heavy atom. The molecule has 6 heteroatoms. The summed E-state index contributed by atoms with van der Waals surface area (Å²) in [5, 5.41) is 28.3. The second-order valence-corrected chi connectivity index (χ2v) is 4.96. The second-order valence-electron chi connectivity index (χ2n) is 4.96. The fraction of sp³-hybridized carbons (Fsp3) is 0.125. The van der Waals surface area contributed by atoms with E-state index in [1.165, 1.54) is 24.3 Å². The number of carbonyl (C=O) groups is 2. The third kappa shape index (κ3) is 2.85. The van der Waals surface area contributed by atoms with Crippen LogP contribution in [-0.2, 0) is 0 Å². The molecule has 0 aliphatic rings. The van der Waals surface area contributed by atoms with E-state index in [9.17, 15) is 24.9 Å². The van der Waals surface area contributed by atoms with E-state index in [4.69, 9.17) is 0 Å². The summed E-state index contributed by atoms with van der Waals surface area (Å²) in [4.78, 5) is 25.6. The van der Waals surface area contributed by atoms with Crippen molar-refractivity contribution in [3.05, 3.63) is 53.1 Å². The van der Waals surface area contributed by atoms with E-state index in [2.05, 4.69) is 0 Å². The molecule has 0 aliphatic carbocycles.